The fraction of sp³-hybridized carbons (Fsp3) is 0.122. The summed E-state index contributed by atoms with van der Waals surface area (Å²) in [4.78, 5) is 0. The predicted octanol–water partition coefficient (Wildman–Crippen LogP) is 9.33. The summed E-state index contributed by atoms with van der Waals surface area (Å²) >= 11 is 0. The van der Waals surface area contributed by atoms with Gasteiger partial charge in [0.2, 0.25) is 0 Å². The summed E-state index contributed by atoms with van der Waals surface area (Å²) in [5.74, 6) is 0. The topological polar surface area (TPSA) is 49.7 Å². The molecular weight excluding hydrogens is 540 g/mol. The fourth-order valence-corrected chi connectivity index (χ4v) is 7.10. The average Bonchev–Trinajstić information content (AvgIpc) is 3.47. The first-order valence-electron chi connectivity index (χ1n) is 15.3. The Kier molecular flexibility index (Phi) is 6.72. The van der Waals surface area contributed by atoms with Gasteiger partial charge < -0.3 is 14.9 Å². The lowest BCUT2D eigenvalue weighted by Gasteiger charge is -2.23. The number of rotatable bonds is 5. The van der Waals surface area contributed by atoms with Crippen LogP contribution in [0.1, 0.15) is 18.1 Å². The maximum Gasteiger partial charge on any atom is 0.107 e. The highest BCUT2D eigenvalue weighted by Gasteiger charge is 2.34. The van der Waals surface area contributed by atoms with Crippen LogP contribution in [0.15, 0.2) is 140 Å². The van der Waals surface area contributed by atoms with Crippen molar-refractivity contribution in [3.8, 4) is 33.4 Å². The largest absolute Gasteiger partial charge is 0.394 e. The summed E-state index contributed by atoms with van der Waals surface area (Å²) < 4.78 is 6.16. The first kappa shape index (κ1) is 26.8. The quantitative estimate of drug-likeness (QED) is 0.202. The summed E-state index contributed by atoms with van der Waals surface area (Å²) in [6, 6.07) is 49.7. The molecule has 214 valence electrons. The molecule has 0 bridgehead atoms. The molecule has 7 aromatic rings. The van der Waals surface area contributed by atoms with Gasteiger partial charge >= 0.3 is 0 Å². The van der Waals surface area contributed by atoms with Gasteiger partial charge in [0, 0.05) is 6.42 Å². The van der Waals surface area contributed by atoms with Gasteiger partial charge in [-0.2, -0.15) is 0 Å². The maximum atomic E-state index is 10.6. The Hall–Kier alpha value is -4.80. The van der Waals surface area contributed by atoms with Crippen LogP contribution in [0, 0.1) is 0 Å². The third kappa shape index (κ3) is 4.40. The maximum absolute atomic E-state index is 10.6. The molecule has 3 heteroatoms. The summed E-state index contributed by atoms with van der Waals surface area (Å²) in [5.41, 5.74) is 8.09. The molecule has 44 heavy (non-hydrogen) atoms. The van der Waals surface area contributed by atoms with E-state index in [0.717, 1.165) is 27.5 Å². The third-order valence-corrected chi connectivity index (χ3v) is 9.11. The lowest BCUT2D eigenvalue weighted by Crippen LogP contribution is -2.24. The standard InChI is InChI=1S/C41H32O3/c42-25-37-35(43)24-36(44-37)30-20-21-32-33(23-30)40(28-16-8-3-9-17-28)41-34(38(32)26-12-4-1-5-13-26)22-29-18-10-11-19-31(29)39(41)27-14-6-2-7-15-27/h1-23,35-37,42-43H,24-25H2/t35?,36?,37-/m1/s1. The van der Waals surface area contributed by atoms with Gasteiger partial charge in [-0.25, -0.2) is 0 Å². The molecule has 7 aromatic carbocycles. The van der Waals surface area contributed by atoms with Crippen molar-refractivity contribution in [3.05, 3.63) is 145 Å². The first-order chi connectivity index (χ1) is 21.7. The van der Waals surface area contributed by atoms with E-state index in [1.807, 2.05) is 0 Å². The highest BCUT2D eigenvalue weighted by molar-refractivity contribution is 6.28. The molecule has 1 heterocycles. The number of aliphatic hydroxyl groups excluding tert-OH is 2. The van der Waals surface area contributed by atoms with Crippen LogP contribution < -0.4 is 0 Å². The third-order valence-electron chi connectivity index (χ3n) is 9.11. The van der Waals surface area contributed by atoms with Gasteiger partial charge in [0.15, 0.2) is 0 Å². The van der Waals surface area contributed by atoms with Crippen LogP contribution in [0.2, 0.25) is 0 Å². The molecule has 1 aliphatic rings. The van der Waals surface area contributed by atoms with Gasteiger partial charge in [-0.1, -0.05) is 127 Å². The second-order valence-electron chi connectivity index (χ2n) is 11.7. The number of fused-ring (bicyclic) bond motifs is 3. The first-order valence-corrected chi connectivity index (χ1v) is 15.3. The van der Waals surface area contributed by atoms with Gasteiger partial charge in [0.05, 0.1) is 18.8 Å². The Balaban J connectivity index is 1.59. The number of hydrogen-bond donors (Lipinski definition) is 2. The molecule has 0 amide bonds. The summed E-state index contributed by atoms with van der Waals surface area (Å²) in [5, 5.41) is 27.5. The number of hydrogen-bond acceptors (Lipinski definition) is 3. The Morgan fingerprint density at radius 3 is 1.73 bits per heavy atom. The monoisotopic (exact) mass is 572 g/mol. The highest BCUT2D eigenvalue weighted by Crippen LogP contribution is 2.50. The van der Waals surface area contributed by atoms with E-state index in [0.29, 0.717) is 6.42 Å². The molecule has 0 spiro atoms. The molecule has 1 aliphatic heterocycles. The van der Waals surface area contributed by atoms with Crippen LogP contribution in [0.5, 0.6) is 0 Å². The lowest BCUT2D eigenvalue weighted by atomic mass is 9.80. The van der Waals surface area contributed by atoms with Crippen molar-refractivity contribution in [3.63, 3.8) is 0 Å². The van der Waals surface area contributed by atoms with E-state index in [4.69, 9.17) is 4.74 Å². The molecular formula is C41H32O3. The lowest BCUT2D eigenvalue weighted by molar-refractivity contribution is -0.0225. The van der Waals surface area contributed by atoms with E-state index in [1.54, 1.807) is 0 Å². The zero-order valence-corrected chi connectivity index (χ0v) is 24.2. The van der Waals surface area contributed by atoms with Gasteiger partial charge in [0.25, 0.3) is 0 Å². The zero-order chi connectivity index (χ0) is 29.6. The fourth-order valence-electron chi connectivity index (χ4n) is 7.10. The van der Waals surface area contributed by atoms with E-state index < -0.39 is 12.2 Å². The molecule has 3 nitrogen and oxygen atoms in total. The van der Waals surface area contributed by atoms with E-state index in [9.17, 15) is 10.2 Å². The van der Waals surface area contributed by atoms with Crippen LogP contribution in [-0.2, 0) is 4.74 Å². The van der Waals surface area contributed by atoms with Crippen LogP contribution in [-0.4, -0.2) is 29.0 Å². The van der Waals surface area contributed by atoms with Crippen molar-refractivity contribution >= 4 is 32.3 Å². The van der Waals surface area contributed by atoms with Gasteiger partial charge in [-0.15, -0.1) is 0 Å². The van der Waals surface area contributed by atoms with Gasteiger partial charge in [-0.05, 0) is 83.4 Å². The Bertz CT molecular complexity index is 2120. The minimum absolute atomic E-state index is 0.198. The summed E-state index contributed by atoms with van der Waals surface area (Å²) in [6.07, 6.45) is -1.11. The normalized spacial score (nSPS) is 18.4. The van der Waals surface area contributed by atoms with Crippen molar-refractivity contribution in [1.82, 2.24) is 0 Å². The molecule has 8 rings (SSSR count). The van der Waals surface area contributed by atoms with Crippen LogP contribution in [0.3, 0.4) is 0 Å². The van der Waals surface area contributed by atoms with Crippen molar-refractivity contribution < 1.29 is 14.9 Å². The van der Waals surface area contributed by atoms with Crippen LogP contribution in [0.25, 0.3) is 65.7 Å². The second-order valence-corrected chi connectivity index (χ2v) is 11.7. The molecule has 0 radical (unpaired) electrons. The number of benzene rings is 7. The van der Waals surface area contributed by atoms with E-state index >= 15 is 0 Å². The SMILES string of the molecule is OC[C@H]1OC(c2ccc3c(-c4ccccc4)c4cc5ccccc5c(-c5ccccc5)c4c(-c4ccccc4)c3c2)CC1O. The zero-order valence-electron chi connectivity index (χ0n) is 24.2. The molecule has 0 aliphatic carbocycles. The predicted molar refractivity (Wildman–Crippen MR) is 181 cm³/mol. The molecule has 2 unspecified atom stereocenters. The number of ether oxygens (including phenoxy) is 1. The van der Waals surface area contributed by atoms with E-state index in [-0.39, 0.29) is 12.7 Å². The van der Waals surface area contributed by atoms with E-state index in [1.165, 1.54) is 43.8 Å². The molecule has 1 fully saturated rings. The smallest absolute Gasteiger partial charge is 0.107 e. The molecule has 2 N–H and O–H groups in total. The Morgan fingerprint density at radius 2 is 1.11 bits per heavy atom. The van der Waals surface area contributed by atoms with Crippen LogP contribution in [0.4, 0.5) is 0 Å². The average molecular weight is 573 g/mol. The molecule has 0 aromatic heterocycles. The van der Waals surface area contributed by atoms with Gasteiger partial charge in [-0.3, -0.25) is 0 Å². The summed E-state index contributed by atoms with van der Waals surface area (Å²) in [7, 11) is 0. The molecule has 3 atom stereocenters. The van der Waals surface area contributed by atoms with Crippen LogP contribution >= 0.6 is 0 Å². The van der Waals surface area contributed by atoms with Crippen molar-refractivity contribution in [2.45, 2.75) is 24.7 Å². The minimum atomic E-state index is -0.693. The van der Waals surface area contributed by atoms with Crippen molar-refractivity contribution in [1.29, 1.82) is 0 Å². The highest BCUT2D eigenvalue weighted by atomic mass is 16.5. The van der Waals surface area contributed by atoms with Crippen molar-refractivity contribution in [2.24, 2.45) is 0 Å². The molecule has 0 saturated carbocycles. The Morgan fingerprint density at radius 1 is 0.545 bits per heavy atom. The number of aliphatic hydroxyl groups is 2. The van der Waals surface area contributed by atoms with E-state index in [2.05, 4.69) is 140 Å². The minimum Gasteiger partial charge on any atom is -0.394 e. The summed E-state index contributed by atoms with van der Waals surface area (Å²) in [6.45, 7) is -0.198. The Labute approximate surface area is 256 Å². The van der Waals surface area contributed by atoms with Gasteiger partial charge in [0.1, 0.15) is 6.10 Å². The molecule has 1 saturated heterocycles. The van der Waals surface area contributed by atoms with Crippen molar-refractivity contribution in [2.75, 3.05) is 6.61 Å². The second kappa shape index (κ2) is 11.0.